The summed E-state index contributed by atoms with van der Waals surface area (Å²) in [5.41, 5.74) is 0.157. The van der Waals surface area contributed by atoms with Gasteiger partial charge in [0.05, 0.1) is 4.90 Å². The van der Waals surface area contributed by atoms with Gasteiger partial charge in [-0.25, -0.2) is 13.2 Å². The number of carbonyl (C=O) groups is 4. The second-order valence-electron chi connectivity index (χ2n) is 6.65. The van der Waals surface area contributed by atoms with Crippen LogP contribution in [0.25, 0.3) is 0 Å². The third-order valence-corrected chi connectivity index (χ3v) is 6.70. The summed E-state index contributed by atoms with van der Waals surface area (Å²) in [7, 11) is -3.64. The van der Waals surface area contributed by atoms with E-state index >= 15 is 0 Å². The summed E-state index contributed by atoms with van der Waals surface area (Å²) in [5, 5.41) is 4.82. The maximum absolute atomic E-state index is 12.5. The number of ether oxygens (including phenoxy) is 1. The molecule has 1 aromatic rings. The predicted molar refractivity (Wildman–Crippen MR) is 110 cm³/mol. The Morgan fingerprint density at radius 1 is 1.19 bits per heavy atom. The Morgan fingerprint density at radius 2 is 1.81 bits per heavy atom. The van der Waals surface area contributed by atoms with Gasteiger partial charge in [-0.05, 0) is 31.2 Å². The molecule has 31 heavy (non-hydrogen) atoms. The molecule has 1 unspecified atom stereocenters. The van der Waals surface area contributed by atoms with Crippen LogP contribution in [0, 0.1) is 0 Å². The summed E-state index contributed by atoms with van der Waals surface area (Å²) >= 11 is 0. The fraction of sp³-hybridized carbons (Fsp3) is 0.474. The van der Waals surface area contributed by atoms with Crippen molar-refractivity contribution in [3.05, 3.63) is 29.8 Å². The van der Waals surface area contributed by atoms with Gasteiger partial charge in [0.25, 0.3) is 11.8 Å². The minimum Gasteiger partial charge on any atom is -0.451 e. The summed E-state index contributed by atoms with van der Waals surface area (Å²) in [6, 6.07) is 4.78. The minimum atomic E-state index is -3.64. The predicted octanol–water partition coefficient (Wildman–Crippen LogP) is -0.0696. The van der Waals surface area contributed by atoms with Gasteiger partial charge in [0.2, 0.25) is 10.0 Å². The summed E-state index contributed by atoms with van der Waals surface area (Å²) in [6.07, 6.45) is -1.18. The minimum absolute atomic E-state index is 0.0606. The van der Waals surface area contributed by atoms with E-state index < -0.39 is 46.5 Å². The molecular formula is C19H26N4O7S. The Morgan fingerprint density at radius 3 is 2.32 bits per heavy atom. The smallest absolute Gasteiger partial charge is 0.326 e. The van der Waals surface area contributed by atoms with E-state index in [2.05, 4.69) is 10.6 Å². The molecule has 2 N–H and O–H groups in total. The zero-order chi connectivity index (χ0) is 23.2. The SMILES string of the molecule is CCN(CC)S(=O)(=O)c1ccc(C(=O)NCC(=O)OC(C)C(=O)N2CCNC2=O)cc1. The highest BCUT2D eigenvalue weighted by Crippen LogP contribution is 2.16. The number of benzene rings is 1. The molecule has 0 saturated carbocycles. The third-order valence-electron chi connectivity index (χ3n) is 4.63. The van der Waals surface area contributed by atoms with Gasteiger partial charge in [-0.1, -0.05) is 13.8 Å². The first-order valence-corrected chi connectivity index (χ1v) is 11.2. The second-order valence-corrected chi connectivity index (χ2v) is 8.59. The van der Waals surface area contributed by atoms with Gasteiger partial charge >= 0.3 is 12.0 Å². The van der Waals surface area contributed by atoms with Gasteiger partial charge in [-0.3, -0.25) is 19.3 Å². The number of rotatable bonds is 9. The second kappa shape index (κ2) is 10.4. The number of esters is 1. The van der Waals surface area contributed by atoms with Gasteiger partial charge in [0, 0.05) is 31.7 Å². The molecule has 1 aliphatic rings. The lowest BCUT2D eigenvalue weighted by Gasteiger charge is -2.18. The van der Waals surface area contributed by atoms with Crippen molar-refractivity contribution in [1.82, 2.24) is 19.8 Å². The van der Waals surface area contributed by atoms with Crippen molar-refractivity contribution in [2.75, 3.05) is 32.7 Å². The van der Waals surface area contributed by atoms with E-state index in [1.165, 1.54) is 35.5 Å². The maximum atomic E-state index is 12.5. The summed E-state index contributed by atoms with van der Waals surface area (Å²) in [6.45, 7) is 5.48. The molecule has 1 fully saturated rings. The number of amides is 4. The lowest BCUT2D eigenvalue weighted by molar-refractivity contribution is -0.156. The van der Waals surface area contributed by atoms with Crippen LogP contribution in [0.1, 0.15) is 31.1 Å². The number of urea groups is 1. The van der Waals surface area contributed by atoms with Crippen LogP contribution in [0.4, 0.5) is 4.79 Å². The standard InChI is InChI=1S/C19H26N4O7S/c1-4-22(5-2)31(28,29)15-8-6-14(7-9-15)17(25)21-12-16(24)30-13(3)18(26)23-11-10-20-19(23)27/h6-9,13H,4-5,10-12H2,1-3H3,(H,20,27)(H,21,25). The molecule has 0 bridgehead atoms. The molecule has 0 spiro atoms. The Kier molecular flexibility index (Phi) is 8.11. The quantitative estimate of drug-likeness (QED) is 0.497. The first-order valence-electron chi connectivity index (χ1n) is 9.78. The van der Waals surface area contributed by atoms with E-state index in [1.807, 2.05) is 0 Å². The number of carbonyl (C=O) groups excluding carboxylic acids is 4. The average molecular weight is 455 g/mol. The highest BCUT2D eigenvalue weighted by atomic mass is 32.2. The van der Waals surface area contributed by atoms with Crippen molar-refractivity contribution in [3.8, 4) is 0 Å². The Balaban J connectivity index is 1.90. The Labute approximate surface area is 180 Å². The topological polar surface area (TPSA) is 142 Å². The van der Waals surface area contributed by atoms with Crippen molar-refractivity contribution in [1.29, 1.82) is 0 Å². The maximum Gasteiger partial charge on any atom is 0.326 e. The Bertz CT molecular complexity index is 943. The van der Waals surface area contributed by atoms with E-state index in [-0.39, 0.29) is 17.0 Å². The molecule has 2 rings (SSSR count). The molecule has 1 heterocycles. The number of hydrogen-bond acceptors (Lipinski definition) is 7. The fourth-order valence-electron chi connectivity index (χ4n) is 2.94. The van der Waals surface area contributed by atoms with Gasteiger partial charge < -0.3 is 15.4 Å². The summed E-state index contributed by atoms with van der Waals surface area (Å²) in [4.78, 5) is 48.7. The van der Waals surface area contributed by atoms with E-state index in [9.17, 15) is 27.6 Å². The zero-order valence-corrected chi connectivity index (χ0v) is 18.4. The van der Waals surface area contributed by atoms with E-state index in [0.29, 0.717) is 19.6 Å². The van der Waals surface area contributed by atoms with Crippen LogP contribution < -0.4 is 10.6 Å². The van der Waals surface area contributed by atoms with Gasteiger partial charge in [0.15, 0.2) is 6.10 Å². The largest absolute Gasteiger partial charge is 0.451 e. The van der Waals surface area contributed by atoms with Crippen LogP contribution in [0.3, 0.4) is 0 Å². The molecule has 1 atom stereocenters. The van der Waals surface area contributed by atoms with Crippen molar-refractivity contribution >= 4 is 33.8 Å². The molecule has 1 aliphatic heterocycles. The lowest BCUT2D eigenvalue weighted by Crippen LogP contribution is -2.43. The zero-order valence-electron chi connectivity index (χ0n) is 17.6. The summed E-state index contributed by atoms with van der Waals surface area (Å²) < 4.78 is 31.2. The summed E-state index contributed by atoms with van der Waals surface area (Å²) in [5.74, 6) is -2.11. The van der Waals surface area contributed by atoms with E-state index in [4.69, 9.17) is 4.74 Å². The molecule has 0 aliphatic carbocycles. The molecule has 4 amide bonds. The van der Waals surface area contributed by atoms with Crippen molar-refractivity contribution in [3.63, 3.8) is 0 Å². The van der Waals surface area contributed by atoms with Gasteiger partial charge in [-0.2, -0.15) is 4.31 Å². The lowest BCUT2D eigenvalue weighted by atomic mass is 10.2. The number of hydrogen-bond donors (Lipinski definition) is 2. The molecule has 170 valence electrons. The fourth-order valence-corrected chi connectivity index (χ4v) is 4.39. The normalized spacial score (nSPS) is 14.8. The van der Waals surface area contributed by atoms with Crippen LogP contribution in [0.5, 0.6) is 0 Å². The van der Waals surface area contributed by atoms with Crippen molar-refractivity contribution in [2.24, 2.45) is 0 Å². The molecular weight excluding hydrogens is 428 g/mol. The van der Waals surface area contributed by atoms with Crippen molar-refractivity contribution in [2.45, 2.75) is 31.8 Å². The molecule has 11 nitrogen and oxygen atoms in total. The van der Waals surface area contributed by atoms with Gasteiger partial charge in [0.1, 0.15) is 6.54 Å². The first kappa shape index (κ1) is 24.3. The van der Waals surface area contributed by atoms with E-state index in [0.717, 1.165) is 4.90 Å². The molecule has 12 heteroatoms. The number of nitrogens with one attached hydrogen (secondary N) is 2. The highest BCUT2D eigenvalue weighted by molar-refractivity contribution is 7.89. The van der Waals surface area contributed by atoms with E-state index in [1.54, 1.807) is 13.8 Å². The van der Waals surface area contributed by atoms with Crippen LogP contribution in [-0.2, 0) is 24.3 Å². The monoisotopic (exact) mass is 454 g/mol. The van der Waals surface area contributed by atoms with Gasteiger partial charge in [-0.15, -0.1) is 0 Å². The molecule has 1 saturated heterocycles. The Hall–Kier alpha value is -2.99. The number of imide groups is 1. The highest BCUT2D eigenvalue weighted by Gasteiger charge is 2.31. The molecule has 1 aromatic carbocycles. The third kappa shape index (κ3) is 5.79. The van der Waals surface area contributed by atoms with Crippen LogP contribution in [0.15, 0.2) is 29.2 Å². The van der Waals surface area contributed by atoms with Crippen LogP contribution in [-0.4, -0.2) is 80.3 Å². The molecule has 0 radical (unpaired) electrons. The molecule has 0 aromatic heterocycles. The number of sulfonamides is 1. The van der Waals surface area contributed by atoms with Crippen molar-refractivity contribution < 1.29 is 32.3 Å². The van der Waals surface area contributed by atoms with Crippen LogP contribution in [0.2, 0.25) is 0 Å². The number of nitrogens with zero attached hydrogens (tertiary/aromatic N) is 2. The average Bonchev–Trinajstić information content (AvgIpc) is 3.17. The van der Waals surface area contributed by atoms with Crippen LogP contribution >= 0.6 is 0 Å². The first-order chi connectivity index (χ1) is 14.6.